The van der Waals surface area contributed by atoms with Crippen molar-refractivity contribution in [3.05, 3.63) is 106 Å². The summed E-state index contributed by atoms with van der Waals surface area (Å²) in [6, 6.07) is 25.2. The zero-order valence-electron chi connectivity index (χ0n) is 18.6. The third kappa shape index (κ3) is 4.32. The molecule has 0 fully saturated rings. The number of para-hydroxylation sites is 1. The Labute approximate surface area is 200 Å². The second-order valence-corrected chi connectivity index (χ2v) is 8.95. The Hall–Kier alpha value is -3.91. The summed E-state index contributed by atoms with van der Waals surface area (Å²) < 4.78 is 3.49. The first-order valence-corrected chi connectivity index (χ1v) is 11.9. The fourth-order valence-electron chi connectivity index (χ4n) is 3.92. The average molecular weight is 470 g/mol. The molecule has 0 bridgehead atoms. The van der Waals surface area contributed by atoms with E-state index in [0.29, 0.717) is 29.4 Å². The average Bonchev–Trinajstić information content (AvgIpc) is 3.29. The SMILES string of the molecule is Cc1ccccc1CNC(=O)CSc1nnc2n(Cc3ccccc3)c(=O)c3ccccc3n12. The van der Waals surface area contributed by atoms with Crippen LogP contribution < -0.4 is 10.9 Å². The maximum atomic E-state index is 13.3. The summed E-state index contributed by atoms with van der Waals surface area (Å²) in [4.78, 5) is 25.8. The van der Waals surface area contributed by atoms with Crippen LogP contribution in [0.2, 0.25) is 0 Å². The van der Waals surface area contributed by atoms with Crippen molar-refractivity contribution in [1.29, 1.82) is 0 Å². The minimum atomic E-state index is -0.119. The molecule has 0 radical (unpaired) electrons. The lowest BCUT2D eigenvalue weighted by Crippen LogP contribution is -2.25. The van der Waals surface area contributed by atoms with Crippen molar-refractivity contribution in [3.63, 3.8) is 0 Å². The number of nitrogens with zero attached hydrogens (tertiary/aromatic N) is 4. The number of carbonyl (C=O) groups is 1. The van der Waals surface area contributed by atoms with Crippen molar-refractivity contribution < 1.29 is 4.79 Å². The van der Waals surface area contributed by atoms with Gasteiger partial charge >= 0.3 is 0 Å². The normalized spacial score (nSPS) is 11.2. The Balaban J connectivity index is 1.44. The van der Waals surface area contributed by atoms with Gasteiger partial charge < -0.3 is 5.32 Å². The number of rotatable bonds is 7. The van der Waals surface area contributed by atoms with Gasteiger partial charge in [0.05, 0.1) is 23.2 Å². The summed E-state index contributed by atoms with van der Waals surface area (Å²) in [6.45, 7) is 2.89. The molecule has 2 heterocycles. The minimum Gasteiger partial charge on any atom is -0.351 e. The molecule has 34 heavy (non-hydrogen) atoms. The number of hydrogen-bond acceptors (Lipinski definition) is 5. The maximum absolute atomic E-state index is 13.3. The Morgan fingerprint density at radius 1 is 0.941 bits per heavy atom. The molecule has 170 valence electrons. The van der Waals surface area contributed by atoms with Gasteiger partial charge in [0.15, 0.2) is 5.16 Å². The van der Waals surface area contributed by atoms with Crippen molar-refractivity contribution in [1.82, 2.24) is 24.5 Å². The Bertz CT molecular complexity index is 1540. The van der Waals surface area contributed by atoms with Crippen molar-refractivity contribution >= 4 is 34.3 Å². The fraction of sp³-hybridized carbons (Fsp3) is 0.154. The van der Waals surface area contributed by atoms with Gasteiger partial charge in [0.1, 0.15) is 0 Å². The first-order chi connectivity index (χ1) is 16.6. The van der Waals surface area contributed by atoms with Crippen LogP contribution in [0.1, 0.15) is 16.7 Å². The lowest BCUT2D eigenvalue weighted by molar-refractivity contribution is -0.118. The quantitative estimate of drug-likeness (QED) is 0.367. The predicted molar refractivity (Wildman–Crippen MR) is 134 cm³/mol. The Morgan fingerprint density at radius 2 is 1.68 bits per heavy atom. The van der Waals surface area contributed by atoms with Crippen molar-refractivity contribution in [2.45, 2.75) is 25.2 Å². The van der Waals surface area contributed by atoms with Gasteiger partial charge in [-0.15, -0.1) is 10.2 Å². The standard InChI is InChI=1S/C26H23N5O2S/c1-18-9-5-6-12-20(18)15-27-23(32)17-34-26-29-28-25-30(16-19-10-3-2-4-11-19)24(33)21-13-7-8-14-22(21)31(25)26/h2-14H,15-17H2,1H3,(H,27,32). The van der Waals surface area contributed by atoms with Crippen LogP contribution in [-0.2, 0) is 17.9 Å². The first kappa shape index (κ1) is 21.9. The molecule has 0 unspecified atom stereocenters. The Morgan fingerprint density at radius 3 is 2.50 bits per heavy atom. The lowest BCUT2D eigenvalue weighted by Gasteiger charge is -2.11. The topological polar surface area (TPSA) is 81.3 Å². The lowest BCUT2D eigenvalue weighted by atomic mass is 10.1. The second-order valence-electron chi connectivity index (χ2n) is 8.00. The van der Waals surface area contributed by atoms with E-state index in [0.717, 1.165) is 22.2 Å². The summed E-state index contributed by atoms with van der Waals surface area (Å²) in [5, 5.41) is 12.8. The van der Waals surface area contributed by atoms with E-state index in [1.807, 2.05) is 90.2 Å². The number of thioether (sulfide) groups is 1. The van der Waals surface area contributed by atoms with Gasteiger partial charge in [-0.05, 0) is 35.7 Å². The highest BCUT2D eigenvalue weighted by atomic mass is 32.2. The molecule has 0 aliphatic rings. The summed E-state index contributed by atoms with van der Waals surface area (Å²) in [7, 11) is 0. The molecule has 7 nitrogen and oxygen atoms in total. The third-order valence-corrected chi connectivity index (χ3v) is 6.66. The van der Waals surface area contributed by atoms with Crippen molar-refractivity contribution in [2.24, 2.45) is 0 Å². The number of benzene rings is 3. The second kappa shape index (κ2) is 9.52. The van der Waals surface area contributed by atoms with E-state index < -0.39 is 0 Å². The number of fused-ring (bicyclic) bond motifs is 3. The predicted octanol–water partition coefficient (Wildman–Crippen LogP) is 3.81. The molecular formula is C26H23N5O2S. The van der Waals surface area contributed by atoms with Crippen LogP contribution in [0.4, 0.5) is 0 Å². The summed E-state index contributed by atoms with van der Waals surface area (Å²) in [5.74, 6) is 0.556. The first-order valence-electron chi connectivity index (χ1n) is 11.0. The van der Waals surface area contributed by atoms with E-state index in [1.54, 1.807) is 4.57 Å². The molecule has 1 amide bonds. The molecule has 5 rings (SSSR count). The molecule has 0 saturated heterocycles. The number of aryl methyl sites for hydroxylation is 1. The minimum absolute atomic E-state index is 0.0908. The van der Waals surface area contributed by atoms with Gasteiger partial charge in [-0.25, -0.2) is 0 Å². The van der Waals surface area contributed by atoms with Crippen LogP contribution in [0.3, 0.4) is 0 Å². The molecule has 5 aromatic rings. The molecule has 0 atom stereocenters. The molecule has 8 heteroatoms. The maximum Gasteiger partial charge on any atom is 0.263 e. The van der Waals surface area contributed by atoms with E-state index in [2.05, 4.69) is 15.5 Å². The van der Waals surface area contributed by atoms with Crippen LogP contribution in [0, 0.1) is 6.92 Å². The van der Waals surface area contributed by atoms with Gasteiger partial charge in [0.2, 0.25) is 11.7 Å². The van der Waals surface area contributed by atoms with E-state index in [1.165, 1.54) is 11.8 Å². The molecule has 0 aliphatic carbocycles. The highest BCUT2D eigenvalue weighted by Gasteiger charge is 2.18. The van der Waals surface area contributed by atoms with Crippen molar-refractivity contribution in [2.75, 3.05) is 5.75 Å². The van der Waals surface area contributed by atoms with Crippen LogP contribution in [0.5, 0.6) is 0 Å². The highest BCUT2D eigenvalue weighted by molar-refractivity contribution is 7.99. The summed E-state index contributed by atoms with van der Waals surface area (Å²) in [5.41, 5.74) is 3.83. The largest absolute Gasteiger partial charge is 0.351 e. The van der Waals surface area contributed by atoms with Gasteiger partial charge in [0, 0.05) is 6.54 Å². The van der Waals surface area contributed by atoms with Crippen LogP contribution >= 0.6 is 11.8 Å². The number of aromatic nitrogens is 4. The van der Waals surface area contributed by atoms with Gasteiger partial charge in [0.25, 0.3) is 5.56 Å². The molecular weight excluding hydrogens is 446 g/mol. The molecule has 2 aromatic heterocycles. The third-order valence-electron chi connectivity index (χ3n) is 5.73. The van der Waals surface area contributed by atoms with E-state index in [9.17, 15) is 9.59 Å². The fourth-order valence-corrected chi connectivity index (χ4v) is 4.69. The summed E-state index contributed by atoms with van der Waals surface area (Å²) in [6.07, 6.45) is 0. The van der Waals surface area contributed by atoms with Crippen molar-refractivity contribution in [3.8, 4) is 0 Å². The monoisotopic (exact) mass is 469 g/mol. The van der Waals surface area contributed by atoms with Crippen LogP contribution in [0.25, 0.3) is 16.7 Å². The Kier molecular flexibility index (Phi) is 6.14. The smallest absolute Gasteiger partial charge is 0.263 e. The van der Waals surface area contributed by atoms with Crippen LogP contribution in [0.15, 0.2) is 88.8 Å². The molecule has 3 aromatic carbocycles. The molecule has 1 N–H and O–H groups in total. The van der Waals surface area contributed by atoms with Crippen LogP contribution in [-0.4, -0.2) is 30.8 Å². The number of nitrogens with one attached hydrogen (secondary N) is 1. The number of amides is 1. The molecule has 0 saturated carbocycles. The van der Waals surface area contributed by atoms with Gasteiger partial charge in [-0.2, -0.15) is 0 Å². The number of hydrogen-bond donors (Lipinski definition) is 1. The van der Waals surface area contributed by atoms with Gasteiger partial charge in [-0.1, -0.05) is 78.5 Å². The van der Waals surface area contributed by atoms with Gasteiger partial charge in [-0.3, -0.25) is 18.6 Å². The zero-order valence-corrected chi connectivity index (χ0v) is 19.5. The van der Waals surface area contributed by atoms with E-state index >= 15 is 0 Å². The highest BCUT2D eigenvalue weighted by Crippen LogP contribution is 2.22. The number of carbonyl (C=O) groups excluding carboxylic acids is 1. The molecule has 0 aliphatic heterocycles. The van der Waals surface area contributed by atoms with E-state index in [4.69, 9.17) is 0 Å². The zero-order chi connectivity index (χ0) is 23.5. The van der Waals surface area contributed by atoms with E-state index in [-0.39, 0.29) is 17.2 Å². The summed E-state index contributed by atoms with van der Waals surface area (Å²) >= 11 is 1.30. The molecule has 0 spiro atoms.